The van der Waals surface area contributed by atoms with Crippen LogP contribution in [0.2, 0.25) is 10.0 Å². The Hall–Kier alpha value is -0.770. The summed E-state index contributed by atoms with van der Waals surface area (Å²) in [5, 5.41) is 13.4. The maximum atomic E-state index is 10.5. The number of benzene rings is 1. The first-order chi connectivity index (χ1) is 9.88. The van der Waals surface area contributed by atoms with Crippen LogP contribution in [0.15, 0.2) is 18.2 Å². The highest BCUT2D eigenvalue weighted by atomic mass is 35.5. The highest BCUT2D eigenvalue weighted by Gasteiger charge is 2.13. The molecule has 1 unspecified atom stereocenters. The third-order valence-corrected chi connectivity index (χ3v) is 3.82. The summed E-state index contributed by atoms with van der Waals surface area (Å²) in [6.45, 7) is 5.06. The fourth-order valence-corrected chi connectivity index (χ4v) is 2.79. The Bertz CT molecular complexity index is 464. The summed E-state index contributed by atoms with van der Waals surface area (Å²) in [6, 6.07) is 5.85. The molecule has 0 aromatic heterocycles. The van der Waals surface area contributed by atoms with E-state index in [1.807, 2.05) is 12.1 Å². The average molecular weight is 332 g/mol. The number of hydrogen-bond acceptors (Lipinski definition) is 2. The Morgan fingerprint density at radius 2 is 2.05 bits per heavy atom. The second kappa shape index (κ2) is 9.29. The fraction of sp³-hybridized carbons (Fsp3) is 0.562. The zero-order valence-corrected chi connectivity index (χ0v) is 14.0. The lowest BCUT2D eigenvalue weighted by Gasteiger charge is -2.21. The summed E-state index contributed by atoms with van der Waals surface area (Å²) in [7, 11) is 0. The summed E-state index contributed by atoms with van der Waals surface area (Å²) in [4.78, 5) is 10.5. The molecule has 1 rings (SSSR count). The van der Waals surface area contributed by atoms with Gasteiger partial charge in [-0.15, -0.1) is 0 Å². The number of carbonyl (C=O) groups is 1. The summed E-state index contributed by atoms with van der Waals surface area (Å²) < 4.78 is 0. The maximum Gasteiger partial charge on any atom is 0.303 e. The van der Waals surface area contributed by atoms with Crippen LogP contribution in [0, 0.1) is 5.92 Å². The minimum atomic E-state index is -0.752. The second-order valence-corrected chi connectivity index (χ2v) is 6.56. The molecular weight excluding hydrogens is 309 g/mol. The predicted octanol–water partition coefficient (Wildman–Crippen LogP) is 4.41. The van der Waals surface area contributed by atoms with Crippen LogP contribution in [0.5, 0.6) is 0 Å². The Kier molecular flexibility index (Phi) is 8.09. The normalized spacial score (nSPS) is 12.6. The molecule has 1 aromatic rings. The first-order valence-corrected chi connectivity index (χ1v) is 8.03. The molecule has 5 heteroatoms. The summed E-state index contributed by atoms with van der Waals surface area (Å²) in [6.07, 6.45) is 2.68. The van der Waals surface area contributed by atoms with E-state index in [2.05, 4.69) is 19.2 Å². The van der Waals surface area contributed by atoms with Crippen LogP contribution in [0.4, 0.5) is 0 Å². The molecule has 0 saturated carbocycles. The highest BCUT2D eigenvalue weighted by Crippen LogP contribution is 2.23. The molecule has 0 fully saturated rings. The Morgan fingerprint density at radius 3 is 2.62 bits per heavy atom. The van der Waals surface area contributed by atoms with Crippen LogP contribution in [0.1, 0.15) is 38.7 Å². The van der Waals surface area contributed by atoms with Crippen molar-refractivity contribution in [2.75, 3.05) is 6.54 Å². The van der Waals surface area contributed by atoms with Gasteiger partial charge in [0.25, 0.3) is 0 Å². The highest BCUT2D eigenvalue weighted by molar-refractivity contribution is 6.35. The van der Waals surface area contributed by atoms with Gasteiger partial charge < -0.3 is 10.4 Å². The van der Waals surface area contributed by atoms with Crippen molar-refractivity contribution in [3.8, 4) is 0 Å². The lowest BCUT2D eigenvalue weighted by molar-refractivity contribution is -0.137. The molecular formula is C16H23Cl2NO2. The van der Waals surface area contributed by atoms with Crippen LogP contribution in [-0.2, 0) is 11.2 Å². The summed E-state index contributed by atoms with van der Waals surface area (Å²) >= 11 is 12.1. The second-order valence-electron chi connectivity index (χ2n) is 5.72. The van der Waals surface area contributed by atoms with Gasteiger partial charge in [-0.1, -0.05) is 43.1 Å². The summed E-state index contributed by atoms with van der Waals surface area (Å²) in [5.41, 5.74) is 1.07. The van der Waals surface area contributed by atoms with E-state index in [0.717, 1.165) is 18.4 Å². The van der Waals surface area contributed by atoms with Gasteiger partial charge in [0.2, 0.25) is 0 Å². The number of carboxylic acid groups (broad SMARTS) is 1. The van der Waals surface area contributed by atoms with Crippen LogP contribution in [-0.4, -0.2) is 23.7 Å². The fourth-order valence-electron chi connectivity index (χ4n) is 2.31. The topological polar surface area (TPSA) is 49.3 Å². The molecule has 118 valence electrons. The molecule has 1 aromatic carbocycles. The van der Waals surface area contributed by atoms with E-state index < -0.39 is 5.97 Å². The van der Waals surface area contributed by atoms with E-state index >= 15 is 0 Å². The molecule has 0 saturated heterocycles. The zero-order valence-electron chi connectivity index (χ0n) is 12.5. The first kappa shape index (κ1) is 18.3. The van der Waals surface area contributed by atoms with Crippen molar-refractivity contribution in [1.29, 1.82) is 0 Å². The smallest absolute Gasteiger partial charge is 0.303 e. The number of nitrogens with one attached hydrogen (secondary N) is 1. The lowest BCUT2D eigenvalue weighted by Crippen LogP contribution is -2.33. The van der Waals surface area contributed by atoms with E-state index in [0.29, 0.717) is 28.9 Å². The van der Waals surface area contributed by atoms with Gasteiger partial charge in [0.1, 0.15) is 0 Å². The molecule has 0 aliphatic heterocycles. The number of halogens is 2. The quantitative estimate of drug-likeness (QED) is 0.659. The molecule has 0 spiro atoms. The van der Waals surface area contributed by atoms with E-state index in [4.69, 9.17) is 28.3 Å². The molecule has 3 nitrogen and oxygen atoms in total. The predicted molar refractivity (Wildman–Crippen MR) is 88.3 cm³/mol. The number of aliphatic carboxylic acids is 1. The molecule has 0 bridgehead atoms. The minimum absolute atomic E-state index is 0.198. The number of rotatable bonds is 9. The number of carboxylic acids is 1. The van der Waals surface area contributed by atoms with Gasteiger partial charge >= 0.3 is 5.97 Å². The van der Waals surface area contributed by atoms with E-state index in [9.17, 15) is 4.79 Å². The van der Waals surface area contributed by atoms with Gasteiger partial charge in [0.15, 0.2) is 0 Å². The van der Waals surface area contributed by atoms with Gasteiger partial charge in [-0.05, 0) is 49.4 Å². The third-order valence-electron chi connectivity index (χ3n) is 3.24. The van der Waals surface area contributed by atoms with Crippen LogP contribution in [0.25, 0.3) is 0 Å². The van der Waals surface area contributed by atoms with Crippen LogP contribution >= 0.6 is 23.2 Å². The van der Waals surface area contributed by atoms with Gasteiger partial charge in [-0.25, -0.2) is 0 Å². The minimum Gasteiger partial charge on any atom is -0.481 e. The van der Waals surface area contributed by atoms with Crippen molar-refractivity contribution in [1.82, 2.24) is 5.32 Å². The van der Waals surface area contributed by atoms with Crippen molar-refractivity contribution in [3.05, 3.63) is 33.8 Å². The molecule has 0 radical (unpaired) electrons. The van der Waals surface area contributed by atoms with Crippen molar-refractivity contribution in [3.63, 3.8) is 0 Å². The average Bonchev–Trinajstić information content (AvgIpc) is 2.36. The Balaban J connectivity index is 2.58. The van der Waals surface area contributed by atoms with Gasteiger partial charge in [-0.3, -0.25) is 4.79 Å². The van der Waals surface area contributed by atoms with Crippen molar-refractivity contribution >= 4 is 29.2 Å². The molecule has 0 aliphatic carbocycles. The molecule has 2 N–H and O–H groups in total. The largest absolute Gasteiger partial charge is 0.481 e. The van der Waals surface area contributed by atoms with Crippen molar-refractivity contribution in [2.24, 2.45) is 5.92 Å². The van der Waals surface area contributed by atoms with E-state index in [-0.39, 0.29) is 12.5 Å². The summed E-state index contributed by atoms with van der Waals surface area (Å²) in [5.74, 6) is -0.189. The van der Waals surface area contributed by atoms with Gasteiger partial charge in [0.05, 0.1) is 0 Å². The standard InChI is InChI=1S/C16H23Cl2NO2/c1-11(2)8-14(19-7-3-4-16(20)21)9-12-5-6-13(17)10-15(12)18/h5-6,10-11,14,19H,3-4,7-9H2,1-2H3,(H,20,21). The maximum absolute atomic E-state index is 10.5. The van der Waals surface area contributed by atoms with Gasteiger partial charge in [0, 0.05) is 22.5 Å². The first-order valence-electron chi connectivity index (χ1n) is 7.27. The van der Waals surface area contributed by atoms with Crippen LogP contribution in [0.3, 0.4) is 0 Å². The Morgan fingerprint density at radius 1 is 1.33 bits per heavy atom. The van der Waals surface area contributed by atoms with E-state index in [1.54, 1.807) is 6.07 Å². The van der Waals surface area contributed by atoms with Gasteiger partial charge in [-0.2, -0.15) is 0 Å². The molecule has 21 heavy (non-hydrogen) atoms. The third kappa shape index (κ3) is 7.70. The van der Waals surface area contributed by atoms with E-state index in [1.165, 1.54) is 0 Å². The number of hydrogen-bond donors (Lipinski definition) is 2. The lowest BCUT2D eigenvalue weighted by atomic mass is 9.97. The molecule has 0 heterocycles. The SMILES string of the molecule is CC(C)CC(Cc1ccc(Cl)cc1Cl)NCCCC(=O)O. The van der Waals surface area contributed by atoms with Crippen molar-refractivity contribution in [2.45, 2.75) is 45.6 Å². The molecule has 0 amide bonds. The Labute approximate surface area is 136 Å². The molecule has 0 aliphatic rings. The zero-order chi connectivity index (χ0) is 15.8. The molecule has 1 atom stereocenters. The van der Waals surface area contributed by atoms with Crippen LogP contribution < -0.4 is 5.32 Å². The van der Waals surface area contributed by atoms with Crippen molar-refractivity contribution < 1.29 is 9.90 Å². The monoisotopic (exact) mass is 331 g/mol.